The molecule has 0 aromatic rings. The summed E-state index contributed by atoms with van der Waals surface area (Å²) in [6, 6.07) is -0.216. The molecule has 3 unspecified atom stereocenters. The molecule has 1 aliphatic rings. The van der Waals surface area contributed by atoms with Crippen molar-refractivity contribution in [1.29, 1.82) is 0 Å². The SMILES string of the molecule is C=C(C)C(NC)C1CCCCC1C(F)(F)F. The van der Waals surface area contributed by atoms with Gasteiger partial charge in [0.25, 0.3) is 0 Å². The fraction of sp³-hybridized carbons (Fsp3) is 0.833. The fourth-order valence-corrected chi connectivity index (χ4v) is 2.79. The van der Waals surface area contributed by atoms with E-state index < -0.39 is 12.1 Å². The van der Waals surface area contributed by atoms with Crippen molar-refractivity contribution in [3.8, 4) is 0 Å². The first-order valence-electron chi connectivity index (χ1n) is 5.77. The van der Waals surface area contributed by atoms with Gasteiger partial charge in [-0.3, -0.25) is 0 Å². The summed E-state index contributed by atoms with van der Waals surface area (Å²) in [4.78, 5) is 0. The maximum absolute atomic E-state index is 12.9. The highest BCUT2D eigenvalue weighted by Gasteiger charge is 2.47. The quantitative estimate of drug-likeness (QED) is 0.738. The van der Waals surface area contributed by atoms with Crippen LogP contribution in [0.5, 0.6) is 0 Å². The van der Waals surface area contributed by atoms with Crippen LogP contribution in [0.1, 0.15) is 32.6 Å². The minimum Gasteiger partial charge on any atom is -0.313 e. The van der Waals surface area contributed by atoms with Crippen LogP contribution in [0.4, 0.5) is 13.2 Å². The van der Waals surface area contributed by atoms with Crippen molar-refractivity contribution in [2.45, 2.75) is 44.8 Å². The lowest BCUT2D eigenvalue weighted by Gasteiger charge is -2.38. The Balaban J connectivity index is 2.84. The predicted octanol–water partition coefficient (Wildman–Crippen LogP) is 3.52. The lowest BCUT2D eigenvalue weighted by Crippen LogP contribution is -2.45. The third-order valence-corrected chi connectivity index (χ3v) is 3.51. The molecule has 0 aromatic heterocycles. The molecule has 94 valence electrons. The lowest BCUT2D eigenvalue weighted by atomic mass is 9.73. The smallest absolute Gasteiger partial charge is 0.313 e. The second-order valence-electron chi connectivity index (χ2n) is 4.71. The van der Waals surface area contributed by atoms with E-state index in [9.17, 15) is 13.2 Å². The second kappa shape index (κ2) is 5.21. The van der Waals surface area contributed by atoms with Gasteiger partial charge in [-0.25, -0.2) is 0 Å². The summed E-state index contributed by atoms with van der Waals surface area (Å²) in [6.07, 6.45) is -1.59. The lowest BCUT2D eigenvalue weighted by molar-refractivity contribution is -0.198. The van der Waals surface area contributed by atoms with Crippen molar-refractivity contribution in [2.75, 3.05) is 7.05 Å². The number of likely N-dealkylation sites (N-methyl/N-ethyl adjacent to an activating group) is 1. The zero-order valence-electron chi connectivity index (χ0n) is 9.90. The molecule has 1 saturated carbocycles. The average Bonchev–Trinajstić information content (AvgIpc) is 2.17. The molecule has 0 saturated heterocycles. The highest BCUT2D eigenvalue weighted by atomic mass is 19.4. The number of halogens is 3. The van der Waals surface area contributed by atoms with Gasteiger partial charge in [-0.1, -0.05) is 25.0 Å². The minimum atomic E-state index is -4.07. The van der Waals surface area contributed by atoms with Gasteiger partial charge in [-0.2, -0.15) is 13.2 Å². The zero-order chi connectivity index (χ0) is 12.3. The van der Waals surface area contributed by atoms with Crippen LogP contribution in [-0.4, -0.2) is 19.3 Å². The molecule has 16 heavy (non-hydrogen) atoms. The molecule has 0 amide bonds. The van der Waals surface area contributed by atoms with Gasteiger partial charge >= 0.3 is 6.18 Å². The van der Waals surface area contributed by atoms with E-state index in [2.05, 4.69) is 11.9 Å². The highest BCUT2D eigenvalue weighted by molar-refractivity contribution is 5.06. The first-order valence-corrected chi connectivity index (χ1v) is 5.77. The second-order valence-corrected chi connectivity index (χ2v) is 4.71. The first kappa shape index (κ1) is 13.6. The van der Waals surface area contributed by atoms with Crippen LogP contribution < -0.4 is 5.32 Å². The minimum absolute atomic E-state index is 0.216. The maximum Gasteiger partial charge on any atom is 0.392 e. The Morgan fingerprint density at radius 3 is 2.31 bits per heavy atom. The molecule has 0 bridgehead atoms. The van der Waals surface area contributed by atoms with Crippen molar-refractivity contribution in [2.24, 2.45) is 11.8 Å². The van der Waals surface area contributed by atoms with Crippen molar-refractivity contribution < 1.29 is 13.2 Å². The molecular formula is C12H20F3N. The molecule has 0 spiro atoms. The Hall–Kier alpha value is -0.510. The van der Waals surface area contributed by atoms with Gasteiger partial charge in [0.15, 0.2) is 0 Å². The van der Waals surface area contributed by atoms with Gasteiger partial charge in [0.1, 0.15) is 0 Å². The Morgan fingerprint density at radius 1 is 1.31 bits per heavy atom. The van der Waals surface area contributed by atoms with Crippen LogP contribution in [0.3, 0.4) is 0 Å². The molecule has 3 atom stereocenters. The summed E-state index contributed by atoms with van der Waals surface area (Å²) in [5, 5.41) is 2.97. The van der Waals surface area contributed by atoms with Gasteiger partial charge in [0.05, 0.1) is 5.92 Å². The monoisotopic (exact) mass is 235 g/mol. The first-order chi connectivity index (χ1) is 7.38. The number of hydrogen-bond donors (Lipinski definition) is 1. The van der Waals surface area contributed by atoms with E-state index in [1.165, 1.54) is 0 Å². The molecule has 1 aliphatic carbocycles. The molecule has 1 fully saturated rings. The van der Waals surface area contributed by atoms with E-state index in [0.717, 1.165) is 12.0 Å². The third kappa shape index (κ3) is 3.00. The Kier molecular flexibility index (Phi) is 4.42. The molecule has 0 aliphatic heterocycles. The average molecular weight is 235 g/mol. The summed E-state index contributed by atoms with van der Waals surface area (Å²) in [5.41, 5.74) is 0.795. The van der Waals surface area contributed by atoms with E-state index in [1.54, 1.807) is 14.0 Å². The largest absolute Gasteiger partial charge is 0.392 e. The number of nitrogens with one attached hydrogen (secondary N) is 1. The van der Waals surface area contributed by atoms with Gasteiger partial charge in [0.2, 0.25) is 0 Å². The number of alkyl halides is 3. The van der Waals surface area contributed by atoms with Crippen molar-refractivity contribution in [3.63, 3.8) is 0 Å². The molecule has 1 N–H and O–H groups in total. The summed E-state index contributed by atoms with van der Waals surface area (Å²) in [6.45, 7) is 5.58. The van der Waals surface area contributed by atoms with Crippen LogP contribution in [0.25, 0.3) is 0 Å². The van der Waals surface area contributed by atoms with Gasteiger partial charge in [0, 0.05) is 6.04 Å². The summed E-state index contributed by atoms with van der Waals surface area (Å²) in [5.74, 6) is -1.52. The van der Waals surface area contributed by atoms with E-state index in [4.69, 9.17) is 0 Å². The van der Waals surface area contributed by atoms with Crippen molar-refractivity contribution in [1.82, 2.24) is 5.32 Å². The molecular weight excluding hydrogens is 215 g/mol. The van der Waals surface area contributed by atoms with Gasteiger partial charge in [-0.05, 0) is 32.7 Å². The van der Waals surface area contributed by atoms with E-state index >= 15 is 0 Å². The van der Waals surface area contributed by atoms with E-state index in [0.29, 0.717) is 12.8 Å². The topological polar surface area (TPSA) is 12.0 Å². The van der Waals surface area contributed by atoms with Crippen LogP contribution in [0.2, 0.25) is 0 Å². The van der Waals surface area contributed by atoms with Crippen LogP contribution in [0.15, 0.2) is 12.2 Å². The van der Waals surface area contributed by atoms with Crippen molar-refractivity contribution in [3.05, 3.63) is 12.2 Å². The Bertz CT molecular complexity index is 247. The fourth-order valence-electron chi connectivity index (χ4n) is 2.79. The van der Waals surface area contributed by atoms with Crippen LogP contribution in [-0.2, 0) is 0 Å². The number of rotatable bonds is 3. The van der Waals surface area contributed by atoms with Crippen LogP contribution >= 0.6 is 0 Å². The van der Waals surface area contributed by atoms with E-state index in [-0.39, 0.29) is 18.4 Å². The standard InChI is InChI=1S/C12H20F3N/c1-8(2)11(16-3)9-6-4-5-7-10(9)12(13,14)15/h9-11,16H,1,4-7H2,2-3H3. The molecule has 0 aromatic carbocycles. The molecule has 1 nitrogen and oxygen atoms in total. The number of hydrogen-bond acceptors (Lipinski definition) is 1. The maximum atomic E-state index is 12.9. The predicted molar refractivity (Wildman–Crippen MR) is 59.2 cm³/mol. The summed E-state index contributed by atoms with van der Waals surface area (Å²) < 4.78 is 38.7. The van der Waals surface area contributed by atoms with Crippen molar-refractivity contribution >= 4 is 0 Å². The van der Waals surface area contributed by atoms with Gasteiger partial charge < -0.3 is 5.32 Å². The highest BCUT2D eigenvalue weighted by Crippen LogP contribution is 2.43. The molecule has 0 heterocycles. The summed E-state index contributed by atoms with van der Waals surface area (Å²) >= 11 is 0. The third-order valence-electron chi connectivity index (χ3n) is 3.51. The Labute approximate surface area is 95.1 Å². The molecule has 4 heteroatoms. The Morgan fingerprint density at radius 2 is 1.88 bits per heavy atom. The summed E-state index contributed by atoms with van der Waals surface area (Å²) in [7, 11) is 1.71. The van der Waals surface area contributed by atoms with Crippen LogP contribution in [0, 0.1) is 11.8 Å². The van der Waals surface area contributed by atoms with Gasteiger partial charge in [-0.15, -0.1) is 0 Å². The van der Waals surface area contributed by atoms with E-state index in [1.807, 2.05) is 0 Å². The zero-order valence-corrected chi connectivity index (χ0v) is 9.90. The normalized spacial score (nSPS) is 28.8. The molecule has 1 rings (SSSR count). The molecule has 0 radical (unpaired) electrons.